The lowest BCUT2D eigenvalue weighted by atomic mass is 10.1. The molecule has 1 aromatic carbocycles. The SMILES string of the molecule is CCN(CC)CCCNCc1cc(OC)c(OCC(=O)NC(C)(C)C)cc1Cl. The van der Waals surface area contributed by atoms with Crippen LogP contribution in [0.3, 0.4) is 0 Å². The molecule has 1 aromatic rings. The predicted octanol–water partition coefficient (Wildman–Crippen LogP) is 3.46. The lowest BCUT2D eigenvalue weighted by Crippen LogP contribution is -2.43. The summed E-state index contributed by atoms with van der Waals surface area (Å²) >= 11 is 6.40. The zero-order valence-corrected chi connectivity index (χ0v) is 18.9. The number of ether oxygens (including phenoxy) is 2. The van der Waals surface area contributed by atoms with Crippen molar-refractivity contribution in [1.29, 1.82) is 0 Å². The van der Waals surface area contributed by atoms with Crippen molar-refractivity contribution in [3.63, 3.8) is 0 Å². The minimum atomic E-state index is -0.303. The third-order valence-electron chi connectivity index (χ3n) is 4.24. The van der Waals surface area contributed by atoms with Gasteiger partial charge >= 0.3 is 0 Å². The van der Waals surface area contributed by atoms with E-state index in [9.17, 15) is 4.79 Å². The number of carbonyl (C=O) groups excluding carboxylic acids is 1. The van der Waals surface area contributed by atoms with Crippen molar-refractivity contribution in [2.24, 2.45) is 0 Å². The maximum Gasteiger partial charge on any atom is 0.258 e. The molecule has 0 bridgehead atoms. The van der Waals surface area contributed by atoms with Crippen LogP contribution < -0.4 is 20.1 Å². The first kappa shape index (κ1) is 24.5. The molecule has 0 saturated carbocycles. The van der Waals surface area contributed by atoms with Crippen LogP contribution in [0.25, 0.3) is 0 Å². The summed E-state index contributed by atoms with van der Waals surface area (Å²) in [6.07, 6.45) is 1.08. The van der Waals surface area contributed by atoms with E-state index in [0.29, 0.717) is 23.1 Å². The first-order valence-corrected chi connectivity index (χ1v) is 10.3. The average Bonchev–Trinajstić information content (AvgIpc) is 2.62. The third kappa shape index (κ3) is 9.13. The van der Waals surface area contributed by atoms with Crippen molar-refractivity contribution >= 4 is 17.5 Å². The number of hydrogen-bond donors (Lipinski definition) is 2. The summed E-state index contributed by atoms with van der Waals surface area (Å²) in [7, 11) is 1.58. The number of nitrogens with one attached hydrogen (secondary N) is 2. The summed E-state index contributed by atoms with van der Waals surface area (Å²) in [5.41, 5.74) is 0.635. The number of carbonyl (C=O) groups is 1. The van der Waals surface area contributed by atoms with E-state index in [1.54, 1.807) is 13.2 Å². The van der Waals surface area contributed by atoms with E-state index in [2.05, 4.69) is 29.4 Å². The molecule has 1 rings (SSSR count). The number of benzene rings is 1. The van der Waals surface area contributed by atoms with E-state index in [1.807, 2.05) is 26.8 Å². The van der Waals surface area contributed by atoms with Gasteiger partial charge in [0.05, 0.1) is 7.11 Å². The number of amides is 1. The highest BCUT2D eigenvalue weighted by molar-refractivity contribution is 6.31. The fourth-order valence-corrected chi connectivity index (χ4v) is 2.99. The van der Waals surface area contributed by atoms with E-state index in [-0.39, 0.29) is 18.1 Å². The minimum Gasteiger partial charge on any atom is -0.493 e. The molecule has 0 fully saturated rings. The van der Waals surface area contributed by atoms with Crippen molar-refractivity contribution in [2.45, 2.75) is 53.1 Å². The largest absolute Gasteiger partial charge is 0.493 e. The zero-order chi connectivity index (χ0) is 21.2. The van der Waals surface area contributed by atoms with Gasteiger partial charge in [-0.25, -0.2) is 0 Å². The molecule has 0 unspecified atom stereocenters. The topological polar surface area (TPSA) is 62.8 Å². The molecule has 0 saturated heterocycles. The molecular formula is C21H36ClN3O3. The summed E-state index contributed by atoms with van der Waals surface area (Å²) in [5.74, 6) is 0.833. The fourth-order valence-electron chi connectivity index (χ4n) is 2.77. The third-order valence-corrected chi connectivity index (χ3v) is 4.60. The lowest BCUT2D eigenvalue weighted by Gasteiger charge is -2.21. The van der Waals surface area contributed by atoms with Crippen molar-refractivity contribution in [2.75, 3.05) is 39.9 Å². The molecule has 160 valence electrons. The summed E-state index contributed by atoms with van der Waals surface area (Å²) in [5, 5.41) is 6.87. The van der Waals surface area contributed by atoms with E-state index >= 15 is 0 Å². The zero-order valence-electron chi connectivity index (χ0n) is 18.2. The number of methoxy groups -OCH3 is 1. The van der Waals surface area contributed by atoms with Crippen LogP contribution in [0.1, 0.15) is 46.6 Å². The molecule has 28 heavy (non-hydrogen) atoms. The van der Waals surface area contributed by atoms with Crippen molar-refractivity contribution in [3.8, 4) is 11.5 Å². The normalized spacial score (nSPS) is 11.6. The Morgan fingerprint density at radius 2 is 1.86 bits per heavy atom. The van der Waals surface area contributed by atoms with E-state index in [0.717, 1.165) is 38.2 Å². The number of nitrogens with zero attached hydrogens (tertiary/aromatic N) is 1. The van der Waals surface area contributed by atoms with Gasteiger partial charge in [0.25, 0.3) is 5.91 Å². The Labute approximate surface area is 174 Å². The molecule has 6 nitrogen and oxygen atoms in total. The van der Waals surface area contributed by atoms with Crippen LogP contribution >= 0.6 is 11.6 Å². The average molecular weight is 414 g/mol. The van der Waals surface area contributed by atoms with Gasteiger partial charge in [-0.3, -0.25) is 4.79 Å². The van der Waals surface area contributed by atoms with Gasteiger partial charge in [0, 0.05) is 23.2 Å². The second kappa shape index (κ2) is 12.1. The molecule has 2 N–H and O–H groups in total. The highest BCUT2D eigenvalue weighted by Crippen LogP contribution is 2.33. The Morgan fingerprint density at radius 3 is 2.43 bits per heavy atom. The predicted molar refractivity (Wildman–Crippen MR) is 116 cm³/mol. The molecule has 0 aliphatic rings. The van der Waals surface area contributed by atoms with Gasteiger partial charge in [0.1, 0.15) is 0 Å². The van der Waals surface area contributed by atoms with Crippen LogP contribution in [-0.2, 0) is 11.3 Å². The highest BCUT2D eigenvalue weighted by Gasteiger charge is 2.16. The second-order valence-corrected chi connectivity index (χ2v) is 8.15. The van der Waals surface area contributed by atoms with Crippen LogP contribution in [0.15, 0.2) is 12.1 Å². The van der Waals surface area contributed by atoms with E-state index in [4.69, 9.17) is 21.1 Å². The molecular weight excluding hydrogens is 378 g/mol. The molecule has 0 heterocycles. The Hall–Kier alpha value is -1.50. The summed E-state index contributed by atoms with van der Waals surface area (Å²) in [6.45, 7) is 14.8. The van der Waals surface area contributed by atoms with Crippen LogP contribution in [-0.4, -0.2) is 56.2 Å². The highest BCUT2D eigenvalue weighted by atomic mass is 35.5. The number of halogens is 1. The minimum absolute atomic E-state index is 0.0904. The van der Waals surface area contributed by atoms with E-state index in [1.165, 1.54) is 0 Å². The molecule has 0 aliphatic heterocycles. The monoisotopic (exact) mass is 413 g/mol. The van der Waals surface area contributed by atoms with Gasteiger partial charge in [0.2, 0.25) is 0 Å². The lowest BCUT2D eigenvalue weighted by molar-refractivity contribution is -0.124. The second-order valence-electron chi connectivity index (χ2n) is 7.74. The van der Waals surface area contributed by atoms with Gasteiger partial charge in [-0.05, 0) is 65.0 Å². The molecule has 0 radical (unpaired) electrons. The molecule has 7 heteroatoms. The van der Waals surface area contributed by atoms with Crippen LogP contribution in [0.4, 0.5) is 0 Å². The van der Waals surface area contributed by atoms with E-state index < -0.39 is 0 Å². The first-order valence-electron chi connectivity index (χ1n) is 9.93. The maximum absolute atomic E-state index is 12.0. The molecule has 0 atom stereocenters. The maximum atomic E-state index is 12.0. The van der Waals surface area contributed by atoms with Gasteiger partial charge in [0.15, 0.2) is 18.1 Å². The van der Waals surface area contributed by atoms with Crippen molar-refractivity contribution in [3.05, 3.63) is 22.7 Å². The Bertz CT molecular complexity index is 614. The first-order chi connectivity index (χ1) is 13.2. The van der Waals surface area contributed by atoms with Crippen LogP contribution in [0.5, 0.6) is 11.5 Å². The number of rotatable bonds is 12. The summed E-state index contributed by atoms with van der Waals surface area (Å²) < 4.78 is 11.0. The molecule has 0 aliphatic carbocycles. The smallest absolute Gasteiger partial charge is 0.258 e. The standard InChI is InChI=1S/C21H36ClN3O3/c1-7-25(8-2)11-9-10-23-14-16-12-18(27-6)19(13-17(16)22)28-15-20(26)24-21(3,4)5/h12-13,23H,7-11,14-15H2,1-6H3,(H,24,26). The van der Waals surface area contributed by atoms with Crippen molar-refractivity contribution in [1.82, 2.24) is 15.5 Å². The van der Waals surface area contributed by atoms with Crippen LogP contribution in [0, 0.1) is 0 Å². The number of hydrogen-bond acceptors (Lipinski definition) is 5. The summed E-state index contributed by atoms with van der Waals surface area (Å²) in [6, 6.07) is 3.56. The Balaban J connectivity index is 2.58. The molecule has 1 amide bonds. The van der Waals surface area contributed by atoms with Gasteiger partial charge in [-0.1, -0.05) is 25.4 Å². The quantitative estimate of drug-likeness (QED) is 0.514. The van der Waals surface area contributed by atoms with Crippen molar-refractivity contribution < 1.29 is 14.3 Å². The summed E-state index contributed by atoms with van der Waals surface area (Å²) in [4.78, 5) is 14.4. The van der Waals surface area contributed by atoms with Gasteiger partial charge < -0.3 is 25.0 Å². The molecule has 0 spiro atoms. The van der Waals surface area contributed by atoms with Gasteiger partial charge in [-0.2, -0.15) is 0 Å². The molecule has 0 aromatic heterocycles. The Morgan fingerprint density at radius 1 is 1.18 bits per heavy atom. The fraction of sp³-hybridized carbons (Fsp3) is 0.667. The van der Waals surface area contributed by atoms with Crippen LogP contribution in [0.2, 0.25) is 5.02 Å². The Kier molecular flexibility index (Phi) is 10.6. The van der Waals surface area contributed by atoms with Gasteiger partial charge in [-0.15, -0.1) is 0 Å².